The number of carbonyl (C=O) groups excluding carboxylic acids is 2. The summed E-state index contributed by atoms with van der Waals surface area (Å²) in [6.07, 6.45) is 6.66. The molecule has 35 heavy (non-hydrogen) atoms. The lowest BCUT2D eigenvalue weighted by Gasteiger charge is -2.21. The molecular weight excluding hydrogens is 438 g/mol. The van der Waals surface area contributed by atoms with Crippen LogP contribution in [0.2, 0.25) is 0 Å². The average Bonchev–Trinajstić information content (AvgIpc) is 3.15. The van der Waals surface area contributed by atoms with E-state index >= 15 is 0 Å². The molecule has 1 aromatic heterocycles. The van der Waals surface area contributed by atoms with Crippen molar-refractivity contribution < 1.29 is 9.59 Å². The molecule has 0 saturated carbocycles. The molecule has 0 aliphatic carbocycles. The van der Waals surface area contributed by atoms with Crippen LogP contribution in [0.1, 0.15) is 63.9 Å². The van der Waals surface area contributed by atoms with E-state index in [1.165, 1.54) is 5.56 Å². The van der Waals surface area contributed by atoms with Crippen molar-refractivity contribution in [2.75, 3.05) is 19.6 Å². The number of aromatic nitrogens is 1. The van der Waals surface area contributed by atoms with Crippen LogP contribution in [0.25, 0.3) is 0 Å². The minimum absolute atomic E-state index is 0.0164. The van der Waals surface area contributed by atoms with Gasteiger partial charge in [-0.2, -0.15) is 0 Å². The molecule has 1 aliphatic rings. The van der Waals surface area contributed by atoms with Crippen LogP contribution in [0.4, 0.5) is 0 Å². The number of pyridine rings is 1. The van der Waals surface area contributed by atoms with Gasteiger partial charge in [-0.05, 0) is 49.7 Å². The Morgan fingerprint density at radius 2 is 1.60 bits per heavy atom. The molecule has 2 amide bonds. The van der Waals surface area contributed by atoms with Gasteiger partial charge in [0.2, 0.25) is 5.43 Å². The molecule has 3 aromatic rings. The molecule has 4 rings (SSSR count). The smallest absolute Gasteiger partial charge is 0.259 e. The van der Waals surface area contributed by atoms with E-state index in [4.69, 9.17) is 0 Å². The highest BCUT2D eigenvalue weighted by molar-refractivity contribution is 5.99. The van der Waals surface area contributed by atoms with E-state index in [9.17, 15) is 14.4 Å². The normalized spacial score (nSPS) is 15.9. The largest absolute Gasteiger partial charge is 0.352 e. The standard InChI is InChI=1S/C29H33N3O3/c1-2-30-28(34)25-20-31(18-15-22-10-5-3-6-11-22)21-26(27(25)33)29(35)32-17-9-14-24(16-19-32)23-12-7-4-8-13-23/h3-8,10-13,20-21,24H,2,9,14-19H2,1H3,(H,30,34). The summed E-state index contributed by atoms with van der Waals surface area (Å²) in [6, 6.07) is 20.4. The van der Waals surface area contributed by atoms with Gasteiger partial charge in [0.25, 0.3) is 11.8 Å². The zero-order chi connectivity index (χ0) is 24.6. The Balaban J connectivity index is 1.57. The molecular formula is C29H33N3O3. The molecule has 1 atom stereocenters. The third kappa shape index (κ3) is 6.07. The van der Waals surface area contributed by atoms with Gasteiger partial charge in [-0.15, -0.1) is 0 Å². The van der Waals surface area contributed by atoms with Gasteiger partial charge >= 0.3 is 0 Å². The second-order valence-corrected chi connectivity index (χ2v) is 9.08. The zero-order valence-electron chi connectivity index (χ0n) is 20.3. The minimum atomic E-state index is -0.499. The van der Waals surface area contributed by atoms with E-state index < -0.39 is 11.3 Å². The number of rotatable bonds is 7. The number of hydrogen-bond acceptors (Lipinski definition) is 3. The lowest BCUT2D eigenvalue weighted by atomic mass is 9.92. The topological polar surface area (TPSA) is 71.4 Å². The molecule has 1 N–H and O–H groups in total. The molecule has 6 heteroatoms. The summed E-state index contributed by atoms with van der Waals surface area (Å²) in [5.41, 5.74) is 2.03. The van der Waals surface area contributed by atoms with Crippen molar-refractivity contribution in [3.8, 4) is 0 Å². The second-order valence-electron chi connectivity index (χ2n) is 9.08. The average molecular weight is 472 g/mol. The summed E-state index contributed by atoms with van der Waals surface area (Å²) in [5.74, 6) is -0.331. The molecule has 2 heterocycles. The third-order valence-electron chi connectivity index (χ3n) is 6.68. The van der Waals surface area contributed by atoms with E-state index in [2.05, 4.69) is 17.4 Å². The highest BCUT2D eigenvalue weighted by atomic mass is 16.2. The van der Waals surface area contributed by atoms with Gasteiger partial charge in [-0.1, -0.05) is 60.7 Å². The summed E-state index contributed by atoms with van der Waals surface area (Å²) in [7, 11) is 0. The lowest BCUT2D eigenvalue weighted by Crippen LogP contribution is -2.38. The van der Waals surface area contributed by atoms with Gasteiger partial charge in [0.1, 0.15) is 11.1 Å². The maximum atomic E-state index is 13.6. The first-order valence-electron chi connectivity index (χ1n) is 12.5. The van der Waals surface area contributed by atoms with E-state index in [0.717, 1.165) is 31.2 Å². The predicted octanol–water partition coefficient (Wildman–Crippen LogP) is 4.25. The molecule has 1 aliphatic heterocycles. The number of amides is 2. The Hall–Kier alpha value is -3.67. The third-order valence-corrected chi connectivity index (χ3v) is 6.68. The van der Waals surface area contributed by atoms with Gasteiger partial charge in [0.15, 0.2) is 0 Å². The van der Waals surface area contributed by atoms with Crippen molar-refractivity contribution in [2.45, 2.75) is 45.1 Å². The van der Waals surface area contributed by atoms with Crippen LogP contribution in [0, 0.1) is 0 Å². The monoisotopic (exact) mass is 471 g/mol. The fraction of sp³-hybridized carbons (Fsp3) is 0.345. The van der Waals surface area contributed by atoms with Crippen LogP contribution in [-0.4, -0.2) is 40.9 Å². The maximum absolute atomic E-state index is 13.6. The van der Waals surface area contributed by atoms with Crippen LogP contribution in [0.5, 0.6) is 0 Å². The number of likely N-dealkylation sites (tertiary alicyclic amines) is 1. The zero-order valence-corrected chi connectivity index (χ0v) is 20.3. The Morgan fingerprint density at radius 1 is 0.914 bits per heavy atom. The van der Waals surface area contributed by atoms with Gasteiger partial charge in [-0.25, -0.2) is 0 Å². The number of nitrogens with one attached hydrogen (secondary N) is 1. The summed E-state index contributed by atoms with van der Waals surface area (Å²) in [5, 5.41) is 2.71. The van der Waals surface area contributed by atoms with E-state index in [1.54, 1.807) is 28.8 Å². The maximum Gasteiger partial charge on any atom is 0.259 e. The van der Waals surface area contributed by atoms with Crippen LogP contribution >= 0.6 is 0 Å². The molecule has 0 spiro atoms. The van der Waals surface area contributed by atoms with Gasteiger partial charge in [0.05, 0.1) is 0 Å². The quantitative estimate of drug-likeness (QED) is 0.560. The van der Waals surface area contributed by atoms with Crippen molar-refractivity contribution in [1.82, 2.24) is 14.8 Å². The van der Waals surface area contributed by atoms with E-state index in [-0.39, 0.29) is 17.0 Å². The molecule has 6 nitrogen and oxygen atoms in total. The first kappa shape index (κ1) is 24.5. The van der Waals surface area contributed by atoms with Crippen molar-refractivity contribution in [3.63, 3.8) is 0 Å². The first-order valence-corrected chi connectivity index (χ1v) is 12.5. The molecule has 0 radical (unpaired) electrons. The fourth-order valence-corrected chi connectivity index (χ4v) is 4.76. The first-order chi connectivity index (χ1) is 17.1. The number of carbonyl (C=O) groups is 2. The van der Waals surface area contributed by atoms with Crippen molar-refractivity contribution in [3.05, 3.63) is 106 Å². The molecule has 1 unspecified atom stereocenters. The molecule has 182 valence electrons. The van der Waals surface area contributed by atoms with E-state index in [0.29, 0.717) is 32.1 Å². The summed E-state index contributed by atoms with van der Waals surface area (Å²) >= 11 is 0. The molecule has 1 fully saturated rings. The van der Waals surface area contributed by atoms with Crippen LogP contribution in [-0.2, 0) is 13.0 Å². The number of hydrogen-bond donors (Lipinski definition) is 1. The SMILES string of the molecule is CCNC(=O)c1cn(CCc2ccccc2)cc(C(=O)N2CCCC(c3ccccc3)CC2)c1=O. The predicted molar refractivity (Wildman–Crippen MR) is 138 cm³/mol. The molecule has 1 saturated heterocycles. The van der Waals surface area contributed by atoms with Crippen LogP contribution in [0.3, 0.4) is 0 Å². The van der Waals surface area contributed by atoms with Crippen molar-refractivity contribution in [2.24, 2.45) is 0 Å². The minimum Gasteiger partial charge on any atom is -0.352 e. The van der Waals surface area contributed by atoms with Gasteiger partial charge < -0.3 is 14.8 Å². The van der Waals surface area contributed by atoms with Crippen LogP contribution < -0.4 is 10.7 Å². The molecule has 0 bridgehead atoms. The second kappa shape index (κ2) is 11.6. The lowest BCUT2D eigenvalue weighted by molar-refractivity contribution is 0.0759. The van der Waals surface area contributed by atoms with Gasteiger partial charge in [0, 0.05) is 38.6 Å². The Kier molecular flexibility index (Phi) is 8.14. The Bertz CT molecular complexity index is 1200. The number of nitrogens with zero attached hydrogens (tertiary/aromatic N) is 2. The van der Waals surface area contributed by atoms with E-state index in [1.807, 2.05) is 48.5 Å². The summed E-state index contributed by atoms with van der Waals surface area (Å²) in [6.45, 7) is 3.98. The van der Waals surface area contributed by atoms with Gasteiger partial charge in [-0.3, -0.25) is 14.4 Å². The molecule has 2 aromatic carbocycles. The van der Waals surface area contributed by atoms with Crippen LogP contribution in [0.15, 0.2) is 77.9 Å². The number of benzene rings is 2. The highest BCUT2D eigenvalue weighted by Crippen LogP contribution is 2.28. The summed E-state index contributed by atoms with van der Waals surface area (Å²) in [4.78, 5) is 41.2. The van der Waals surface area contributed by atoms with Crippen molar-refractivity contribution in [1.29, 1.82) is 0 Å². The fourth-order valence-electron chi connectivity index (χ4n) is 4.76. The van der Waals surface area contributed by atoms with Crippen molar-refractivity contribution >= 4 is 11.8 Å². The summed E-state index contributed by atoms with van der Waals surface area (Å²) < 4.78 is 1.80. The number of aryl methyl sites for hydroxylation is 2. The highest BCUT2D eigenvalue weighted by Gasteiger charge is 2.26. The Labute approximate surface area is 206 Å². The Morgan fingerprint density at radius 3 is 2.31 bits per heavy atom.